The van der Waals surface area contributed by atoms with Gasteiger partial charge in [0.15, 0.2) is 0 Å². The highest BCUT2D eigenvalue weighted by Crippen LogP contribution is 1.90. The maximum absolute atomic E-state index is 9.52. The molecule has 0 aliphatic heterocycles. The van der Waals surface area contributed by atoms with Gasteiger partial charge >= 0.3 is 0 Å². The molecule has 0 saturated heterocycles. The Morgan fingerprint density at radius 1 is 1.75 bits per heavy atom. The smallest absolute Gasteiger partial charge is 0.297 e. The molecule has 0 aromatic rings. The number of allylic oxidation sites excluding steroid dienone is 2. The molecule has 0 bridgehead atoms. The number of ether oxygens (including phenoxy) is 1. The molecule has 8 heavy (non-hydrogen) atoms. The van der Waals surface area contributed by atoms with Crippen molar-refractivity contribution < 1.29 is 9.53 Å². The number of carbonyl (C=O) groups excluding carboxylic acids is 1. The molecule has 0 amide bonds. The van der Waals surface area contributed by atoms with E-state index < -0.39 is 0 Å². The fourth-order valence-electron chi connectivity index (χ4n) is 0.183. The lowest BCUT2D eigenvalue weighted by atomic mass is 10.3. The Balaban J connectivity index is 3.56. The summed E-state index contributed by atoms with van der Waals surface area (Å²) in [6, 6.07) is 0. The molecule has 44 valence electrons. The van der Waals surface area contributed by atoms with E-state index in [2.05, 4.69) is 11.3 Å². The lowest BCUT2D eigenvalue weighted by Gasteiger charge is -1.85. The van der Waals surface area contributed by atoms with Crippen LogP contribution >= 0.6 is 0 Å². The molecular weight excluding hydrogens is 104 g/mol. The van der Waals surface area contributed by atoms with Crippen LogP contribution in [0.1, 0.15) is 6.92 Å². The number of hydrogen-bond acceptors (Lipinski definition) is 2. The fraction of sp³-hybridized carbons (Fsp3) is 0.167. The number of rotatable bonds is 3. The predicted octanol–water partition coefficient (Wildman–Crippen LogP) is 1.25. The van der Waals surface area contributed by atoms with Gasteiger partial charge in [0.1, 0.15) is 0 Å². The Kier molecular flexibility index (Phi) is 3.58. The normalized spacial score (nSPS) is 10.4. The molecule has 0 fully saturated rings. The predicted molar refractivity (Wildman–Crippen MR) is 31.1 cm³/mol. The fourth-order valence-corrected chi connectivity index (χ4v) is 0.183. The van der Waals surface area contributed by atoms with Crippen LogP contribution in [0.2, 0.25) is 0 Å². The van der Waals surface area contributed by atoms with E-state index in [0.29, 0.717) is 6.47 Å². The van der Waals surface area contributed by atoms with E-state index in [1.165, 1.54) is 6.26 Å². The topological polar surface area (TPSA) is 26.3 Å². The first kappa shape index (κ1) is 6.95. The van der Waals surface area contributed by atoms with Crippen LogP contribution in [0.4, 0.5) is 0 Å². The average molecular weight is 112 g/mol. The molecule has 0 heterocycles. The summed E-state index contributed by atoms with van der Waals surface area (Å²) in [5.41, 5.74) is 0.831. The van der Waals surface area contributed by atoms with Crippen molar-refractivity contribution in [1.82, 2.24) is 0 Å². The molecule has 0 aliphatic rings. The molecule has 2 nitrogen and oxygen atoms in total. The van der Waals surface area contributed by atoms with Crippen LogP contribution in [0, 0.1) is 0 Å². The molecule has 2 heteroatoms. The number of carbonyl (C=O) groups is 1. The lowest BCUT2D eigenvalue weighted by molar-refractivity contribution is -0.123. The molecule has 0 N–H and O–H groups in total. The van der Waals surface area contributed by atoms with Crippen molar-refractivity contribution in [2.45, 2.75) is 6.92 Å². The summed E-state index contributed by atoms with van der Waals surface area (Å²) >= 11 is 0. The second-order valence-corrected chi connectivity index (χ2v) is 1.30. The van der Waals surface area contributed by atoms with E-state index in [0.717, 1.165) is 5.57 Å². The Morgan fingerprint density at radius 3 is 2.75 bits per heavy atom. The van der Waals surface area contributed by atoms with Gasteiger partial charge in [0, 0.05) is 0 Å². The number of hydrogen-bond donors (Lipinski definition) is 0. The summed E-state index contributed by atoms with van der Waals surface area (Å²) in [5, 5.41) is 0. The first-order chi connectivity index (χ1) is 3.81. The zero-order valence-electron chi connectivity index (χ0n) is 4.76. The molecule has 0 atom stereocenters. The third kappa shape index (κ3) is 3.15. The Labute approximate surface area is 48.5 Å². The molecule has 0 aliphatic carbocycles. The van der Waals surface area contributed by atoms with Gasteiger partial charge in [-0.15, -0.1) is 0 Å². The van der Waals surface area contributed by atoms with Crippen molar-refractivity contribution >= 4 is 6.47 Å². The standard InChI is InChI=1S/C6H8O2/c1-3-6(2)4-8-5-7/h3-5H,1H2,2H3. The van der Waals surface area contributed by atoms with Crippen molar-refractivity contribution in [3.05, 3.63) is 24.5 Å². The summed E-state index contributed by atoms with van der Waals surface area (Å²) < 4.78 is 4.27. The van der Waals surface area contributed by atoms with Crippen LogP contribution in [0.5, 0.6) is 0 Å². The van der Waals surface area contributed by atoms with Gasteiger partial charge in [-0.05, 0) is 12.5 Å². The van der Waals surface area contributed by atoms with Crippen LogP contribution in [0.25, 0.3) is 0 Å². The molecule has 0 radical (unpaired) electrons. The van der Waals surface area contributed by atoms with Crippen molar-refractivity contribution in [3.63, 3.8) is 0 Å². The van der Waals surface area contributed by atoms with E-state index in [1.807, 2.05) is 0 Å². The van der Waals surface area contributed by atoms with Crippen LogP contribution in [0.3, 0.4) is 0 Å². The van der Waals surface area contributed by atoms with E-state index in [9.17, 15) is 4.79 Å². The van der Waals surface area contributed by atoms with E-state index in [-0.39, 0.29) is 0 Å². The summed E-state index contributed by atoms with van der Waals surface area (Å²) in [6.45, 7) is 5.61. The Morgan fingerprint density at radius 2 is 2.38 bits per heavy atom. The summed E-state index contributed by atoms with van der Waals surface area (Å²) in [6.07, 6.45) is 2.93. The van der Waals surface area contributed by atoms with E-state index >= 15 is 0 Å². The summed E-state index contributed by atoms with van der Waals surface area (Å²) in [5.74, 6) is 0. The highest BCUT2D eigenvalue weighted by Gasteiger charge is 1.75. The van der Waals surface area contributed by atoms with Crippen LogP contribution in [-0.2, 0) is 9.53 Å². The molecule has 0 aromatic heterocycles. The quantitative estimate of drug-likeness (QED) is 0.312. The van der Waals surface area contributed by atoms with Crippen LogP contribution in [-0.4, -0.2) is 6.47 Å². The summed E-state index contributed by atoms with van der Waals surface area (Å²) in [7, 11) is 0. The molecule has 0 unspecified atom stereocenters. The van der Waals surface area contributed by atoms with Gasteiger partial charge in [0.2, 0.25) is 0 Å². The molecule has 0 rings (SSSR count). The SMILES string of the molecule is C=CC(C)=COC=O. The molecular formula is C6H8O2. The highest BCUT2D eigenvalue weighted by molar-refractivity contribution is 5.38. The average Bonchev–Trinajstić information content (AvgIpc) is 1.83. The highest BCUT2D eigenvalue weighted by atomic mass is 16.5. The molecule has 0 saturated carbocycles. The van der Waals surface area contributed by atoms with Crippen LogP contribution < -0.4 is 0 Å². The Hall–Kier alpha value is -1.05. The van der Waals surface area contributed by atoms with Crippen molar-refractivity contribution in [1.29, 1.82) is 0 Å². The first-order valence-electron chi connectivity index (χ1n) is 2.19. The third-order valence-electron chi connectivity index (χ3n) is 0.631. The van der Waals surface area contributed by atoms with Crippen LogP contribution in [0.15, 0.2) is 24.5 Å². The first-order valence-corrected chi connectivity index (χ1v) is 2.19. The van der Waals surface area contributed by atoms with E-state index in [4.69, 9.17) is 0 Å². The monoisotopic (exact) mass is 112 g/mol. The van der Waals surface area contributed by atoms with Gasteiger partial charge < -0.3 is 4.74 Å². The van der Waals surface area contributed by atoms with Gasteiger partial charge in [-0.3, -0.25) is 4.79 Å². The van der Waals surface area contributed by atoms with Crippen molar-refractivity contribution in [2.75, 3.05) is 0 Å². The third-order valence-corrected chi connectivity index (χ3v) is 0.631. The van der Waals surface area contributed by atoms with Gasteiger partial charge in [-0.2, -0.15) is 0 Å². The maximum Gasteiger partial charge on any atom is 0.297 e. The lowest BCUT2D eigenvalue weighted by Crippen LogP contribution is -1.74. The molecule has 0 aromatic carbocycles. The van der Waals surface area contributed by atoms with Crippen molar-refractivity contribution in [3.8, 4) is 0 Å². The minimum atomic E-state index is 0.368. The minimum Gasteiger partial charge on any atom is -0.436 e. The van der Waals surface area contributed by atoms with E-state index in [1.54, 1.807) is 13.0 Å². The second-order valence-electron chi connectivity index (χ2n) is 1.30. The zero-order valence-corrected chi connectivity index (χ0v) is 4.76. The van der Waals surface area contributed by atoms with Gasteiger partial charge in [-0.25, -0.2) is 0 Å². The maximum atomic E-state index is 9.52. The second kappa shape index (κ2) is 4.12. The zero-order chi connectivity index (χ0) is 6.41. The largest absolute Gasteiger partial charge is 0.436 e. The van der Waals surface area contributed by atoms with Gasteiger partial charge in [0.25, 0.3) is 6.47 Å². The van der Waals surface area contributed by atoms with Gasteiger partial charge in [0.05, 0.1) is 6.26 Å². The molecule has 0 spiro atoms. The minimum absolute atomic E-state index is 0.368. The Bertz CT molecular complexity index is 114. The summed E-state index contributed by atoms with van der Waals surface area (Å²) in [4.78, 5) is 9.52. The van der Waals surface area contributed by atoms with Crippen molar-refractivity contribution in [2.24, 2.45) is 0 Å². The van der Waals surface area contributed by atoms with Gasteiger partial charge in [-0.1, -0.05) is 12.7 Å².